The van der Waals surface area contributed by atoms with E-state index in [2.05, 4.69) is 0 Å². The Kier molecular flexibility index (Phi) is 4.76. The molecule has 0 N–H and O–H groups in total. The third-order valence-corrected chi connectivity index (χ3v) is 7.48. The summed E-state index contributed by atoms with van der Waals surface area (Å²) in [5, 5.41) is 0. The molecule has 2 aromatic carbocycles. The minimum atomic E-state index is -3.62. The summed E-state index contributed by atoms with van der Waals surface area (Å²) < 4.78 is 30.1. The molecule has 0 bridgehead atoms. The zero-order valence-corrected chi connectivity index (χ0v) is 14.1. The molecule has 0 amide bonds. The van der Waals surface area contributed by atoms with Crippen molar-refractivity contribution < 1.29 is 12.0 Å². The molecule has 2 aromatic rings. The zero-order chi connectivity index (χ0) is 15.5. The number of hydrogen-bond donors (Lipinski definition) is 0. The van der Waals surface area contributed by atoms with Gasteiger partial charge in [-0.25, -0.2) is 3.63 Å². The molecule has 0 unspecified atom stereocenters. The Bertz CT molecular complexity index is 707. The fourth-order valence-electron chi connectivity index (χ4n) is 2.21. The molecule has 2 rings (SSSR count). The highest BCUT2D eigenvalue weighted by Gasteiger charge is 2.25. The molecule has 0 heterocycles. The van der Waals surface area contributed by atoms with Crippen LogP contribution in [0.5, 0.6) is 0 Å². The maximum atomic E-state index is 12.3. The van der Waals surface area contributed by atoms with Gasteiger partial charge in [-0.2, -0.15) is 8.42 Å². The number of benzene rings is 2. The van der Waals surface area contributed by atoms with E-state index in [4.69, 9.17) is 3.63 Å². The Morgan fingerprint density at radius 3 is 2.10 bits per heavy atom. The van der Waals surface area contributed by atoms with Crippen molar-refractivity contribution in [2.24, 2.45) is 0 Å². The van der Waals surface area contributed by atoms with Crippen molar-refractivity contribution in [3.63, 3.8) is 0 Å². The monoisotopic (exact) mass is 324 g/mol. The molecular weight excluding hydrogens is 304 g/mol. The normalized spacial score (nSPS) is 13.1. The van der Waals surface area contributed by atoms with Crippen molar-refractivity contribution in [3.05, 3.63) is 65.7 Å². The Morgan fingerprint density at radius 1 is 0.905 bits per heavy atom. The number of rotatable bonds is 5. The van der Waals surface area contributed by atoms with Gasteiger partial charge in [0, 0.05) is 4.90 Å². The molecule has 21 heavy (non-hydrogen) atoms. The minimum Gasteiger partial charge on any atom is -0.216 e. The van der Waals surface area contributed by atoms with E-state index in [9.17, 15) is 8.42 Å². The van der Waals surface area contributed by atoms with Crippen LogP contribution in [0.15, 0.2) is 59.5 Å². The first-order valence-corrected chi connectivity index (χ1v) is 10.5. The third-order valence-electron chi connectivity index (χ3n) is 3.08. The first-order valence-electron chi connectivity index (χ1n) is 6.57. The molecular formula is C16H20O3S2. The third kappa shape index (κ3) is 4.33. The van der Waals surface area contributed by atoms with E-state index in [1.54, 1.807) is 12.1 Å². The SMILES string of the molecule is Cc1ccccc1S(C)(C)OS(=O)(=O)Cc1ccccc1. The van der Waals surface area contributed by atoms with Crippen LogP contribution in [0.2, 0.25) is 0 Å². The second-order valence-electron chi connectivity index (χ2n) is 5.25. The standard InChI is InChI=1S/C16H20O3S2/c1-14-9-7-8-12-16(14)20(2,3)19-21(17,18)13-15-10-5-4-6-11-15/h4-12H,13H2,1-3H3. The molecule has 0 aliphatic heterocycles. The quantitative estimate of drug-likeness (QED) is 0.838. The van der Waals surface area contributed by atoms with Crippen LogP contribution in [0.3, 0.4) is 0 Å². The Hall–Kier alpha value is -1.30. The summed E-state index contributed by atoms with van der Waals surface area (Å²) in [6, 6.07) is 16.8. The van der Waals surface area contributed by atoms with Crippen LogP contribution in [0.4, 0.5) is 0 Å². The van der Waals surface area contributed by atoms with E-state index in [1.807, 2.05) is 61.9 Å². The second-order valence-corrected chi connectivity index (χ2v) is 10.1. The van der Waals surface area contributed by atoms with Crippen LogP contribution >= 0.6 is 10.3 Å². The summed E-state index contributed by atoms with van der Waals surface area (Å²) in [6.45, 7) is 1.97. The second kappa shape index (κ2) is 6.22. The summed E-state index contributed by atoms with van der Waals surface area (Å²) in [7, 11) is -5.48. The van der Waals surface area contributed by atoms with Crippen molar-refractivity contribution in [1.29, 1.82) is 0 Å². The van der Waals surface area contributed by atoms with E-state index < -0.39 is 20.4 Å². The van der Waals surface area contributed by atoms with Gasteiger partial charge in [0.25, 0.3) is 10.1 Å². The maximum absolute atomic E-state index is 12.3. The van der Waals surface area contributed by atoms with Gasteiger partial charge in [-0.1, -0.05) is 58.8 Å². The lowest BCUT2D eigenvalue weighted by molar-refractivity contribution is 0.510. The van der Waals surface area contributed by atoms with E-state index >= 15 is 0 Å². The van der Waals surface area contributed by atoms with E-state index in [0.29, 0.717) is 0 Å². The molecule has 0 aliphatic rings. The zero-order valence-electron chi connectivity index (χ0n) is 12.4. The smallest absolute Gasteiger partial charge is 0.216 e. The summed E-state index contributed by atoms with van der Waals surface area (Å²) in [5.74, 6) is -0.101. The molecule has 5 heteroatoms. The van der Waals surface area contributed by atoms with Crippen molar-refractivity contribution in [2.45, 2.75) is 17.6 Å². The van der Waals surface area contributed by atoms with Gasteiger partial charge in [-0.05, 0) is 36.6 Å². The van der Waals surface area contributed by atoms with Crippen molar-refractivity contribution in [2.75, 3.05) is 12.5 Å². The summed E-state index contributed by atoms with van der Waals surface area (Å²) in [6.07, 6.45) is 3.72. The predicted octanol–water partition coefficient (Wildman–Crippen LogP) is 3.88. The predicted molar refractivity (Wildman–Crippen MR) is 89.0 cm³/mol. The van der Waals surface area contributed by atoms with Crippen LogP contribution in [-0.4, -0.2) is 20.9 Å². The lowest BCUT2D eigenvalue weighted by Crippen LogP contribution is -2.13. The molecule has 114 valence electrons. The Labute approximate surface area is 128 Å². The van der Waals surface area contributed by atoms with Crippen LogP contribution in [0.25, 0.3) is 0 Å². The highest BCUT2D eigenvalue weighted by molar-refractivity contribution is 8.32. The van der Waals surface area contributed by atoms with E-state index in [0.717, 1.165) is 16.0 Å². The first kappa shape index (κ1) is 16.1. The average Bonchev–Trinajstić information content (AvgIpc) is 2.38. The number of aryl methyl sites for hydroxylation is 1. The molecule has 0 atom stereocenters. The van der Waals surface area contributed by atoms with Crippen molar-refractivity contribution in [3.8, 4) is 0 Å². The van der Waals surface area contributed by atoms with Gasteiger partial charge in [0.2, 0.25) is 0 Å². The summed E-state index contributed by atoms with van der Waals surface area (Å²) in [5.41, 5.74) is 1.78. The lowest BCUT2D eigenvalue weighted by atomic mass is 10.2. The fraction of sp³-hybridized carbons (Fsp3) is 0.250. The van der Waals surface area contributed by atoms with Crippen LogP contribution in [-0.2, 0) is 19.5 Å². The topological polar surface area (TPSA) is 43.4 Å². The van der Waals surface area contributed by atoms with Gasteiger partial charge in [0.05, 0.1) is 0 Å². The lowest BCUT2D eigenvalue weighted by Gasteiger charge is -2.31. The Balaban J connectivity index is 2.21. The molecule has 0 aliphatic carbocycles. The summed E-state index contributed by atoms with van der Waals surface area (Å²) in [4.78, 5) is 0.960. The van der Waals surface area contributed by atoms with Gasteiger partial charge in [0.15, 0.2) is 0 Å². The molecule has 0 fully saturated rings. The highest BCUT2D eigenvalue weighted by atomic mass is 32.3. The molecule has 0 radical (unpaired) electrons. The molecule has 0 spiro atoms. The van der Waals surface area contributed by atoms with Gasteiger partial charge in [-0.15, -0.1) is 0 Å². The minimum absolute atomic E-state index is 0.101. The maximum Gasteiger partial charge on any atom is 0.281 e. The van der Waals surface area contributed by atoms with Gasteiger partial charge in [-0.3, -0.25) is 0 Å². The molecule has 0 saturated heterocycles. The van der Waals surface area contributed by atoms with Crippen molar-refractivity contribution in [1.82, 2.24) is 0 Å². The average molecular weight is 324 g/mol. The fourth-order valence-corrected chi connectivity index (χ4v) is 6.62. The molecule has 0 aromatic heterocycles. The van der Waals surface area contributed by atoms with Crippen LogP contribution in [0.1, 0.15) is 11.1 Å². The van der Waals surface area contributed by atoms with Crippen LogP contribution < -0.4 is 0 Å². The summed E-state index contributed by atoms with van der Waals surface area (Å²) >= 11 is 0. The van der Waals surface area contributed by atoms with Crippen LogP contribution in [0, 0.1) is 6.92 Å². The number of hydrogen-bond acceptors (Lipinski definition) is 3. The van der Waals surface area contributed by atoms with Gasteiger partial charge < -0.3 is 0 Å². The van der Waals surface area contributed by atoms with Gasteiger partial charge in [0.1, 0.15) is 5.75 Å². The molecule has 3 nitrogen and oxygen atoms in total. The largest absolute Gasteiger partial charge is 0.281 e. The van der Waals surface area contributed by atoms with E-state index in [1.165, 1.54) is 0 Å². The van der Waals surface area contributed by atoms with Crippen molar-refractivity contribution >= 4 is 20.4 Å². The first-order chi connectivity index (χ1) is 9.80. The Morgan fingerprint density at radius 2 is 1.48 bits per heavy atom. The highest BCUT2D eigenvalue weighted by Crippen LogP contribution is 2.53. The van der Waals surface area contributed by atoms with E-state index in [-0.39, 0.29) is 5.75 Å². The van der Waals surface area contributed by atoms with Gasteiger partial charge >= 0.3 is 0 Å². The molecule has 0 saturated carbocycles.